The first-order chi connectivity index (χ1) is 8.34. The largest absolute Gasteiger partial charge is 0.491 e. The molecule has 1 heterocycles. The average molecular weight is 328 g/mol. The van der Waals surface area contributed by atoms with E-state index in [1.165, 1.54) is 18.5 Å². The Labute approximate surface area is 109 Å². The smallest absolute Gasteiger partial charge is 0.402 e. The minimum absolute atomic E-state index is 0.143. The van der Waals surface area contributed by atoms with E-state index in [9.17, 15) is 13.2 Å². The minimum atomic E-state index is -4.66. The Bertz CT molecular complexity index is 439. The molecule has 0 amide bonds. The summed E-state index contributed by atoms with van der Waals surface area (Å²) in [5, 5.41) is 10.7. The maximum Gasteiger partial charge on any atom is 0.402 e. The molecule has 1 aromatic rings. The van der Waals surface area contributed by atoms with Crippen LogP contribution >= 0.6 is 15.9 Å². The van der Waals surface area contributed by atoms with Gasteiger partial charge in [0.2, 0.25) is 0 Å². The van der Waals surface area contributed by atoms with E-state index >= 15 is 0 Å². The van der Waals surface area contributed by atoms with Crippen LogP contribution in [0.5, 0.6) is 5.75 Å². The molecule has 0 saturated carbocycles. The predicted octanol–water partition coefficient (Wildman–Crippen LogP) is 2.15. The van der Waals surface area contributed by atoms with Gasteiger partial charge in [-0.3, -0.25) is 4.98 Å². The molecular formula is C9H9BrF3N3O2. The predicted molar refractivity (Wildman–Crippen MR) is 60.4 cm³/mol. The third kappa shape index (κ3) is 4.06. The number of pyridine rings is 1. The second-order valence-corrected chi connectivity index (χ2v) is 4.18. The van der Waals surface area contributed by atoms with E-state index in [1.807, 2.05) is 0 Å². The molecule has 0 aromatic carbocycles. The van der Waals surface area contributed by atoms with E-state index in [1.54, 1.807) is 0 Å². The van der Waals surface area contributed by atoms with Crippen molar-refractivity contribution in [3.63, 3.8) is 0 Å². The van der Waals surface area contributed by atoms with E-state index < -0.39 is 24.5 Å². The van der Waals surface area contributed by atoms with Gasteiger partial charge in [-0.25, -0.2) is 0 Å². The van der Waals surface area contributed by atoms with E-state index in [0.717, 1.165) is 0 Å². The Morgan fingerprint density at radius 3 is 2.72 bits per heavy atom. The highest BCUT2D eigenvalue weighted by Crippen LogP contribution is 2.27. The van der Waals surface area contributed by atoms with Gasteiger partial charge in [-0.2, -0.15) is 13.2 Å². The Kier molecular flexibility index (Phi) is 4.76. The molecule has 100 valence electrons. The third-order valence-corrected chi connectivity index (χ3v) is 2.40. The number of nitrogens with zero attached hydrogens (tertiary/aromatic N) is 2. The van der Waals surface area contributed by atoms with Gasteiger partial charge in [-0.15, -0.1) is 0 Å². The lowest BCUT2D eigenvalue weighted by Crippen LogP contribution is -2.40. The zero-order valence-electron chi connectivity index (χ0n) is 8.86. The summed E-state index contributed by atoms with van der Waals surface area (Å²) in [5.41, 5.74) is 4.97. The number of alkyl halides is 3. The van der Waals surface area contributed by atoms with Crippen LogP contribution in [0, 0.1) is 5.92 Å². The summed E-state index contributed by atoms with van der Waals surface area (Å²) in [4.78, 5) is 3.73. The summed E-state index contributed by atoms with van der Waals surface area (Å²) in [6.07, 6.45) is -1.95. The molecule has 1 atom stereocenters. The Hall–Kier alpha value is -1.51. The molecule has 0 aliphatic heterocycles. The number of aromatic nitrogens is 1. The molecule has 1 rings (SSSR count). The monoisotopic (exact) mass is 327 g/mol. The Morgan fingerprint density at radius 2 is 2.22 bits per heavy atom. The summed E-state index contributed by atoms with van der Waals surface area (Å²) < 4.78 is 43.2. The van der Waals surface area contributed by atoms with Crippen LogP contribution in [0.4, 0.5) is 13.2 Å². The lowest BCUT2D eigenvalue weighted by atomic mass is 10.1. The number of amidine groups is 1. The average Bonchev–Trinajstić information content (AvgIpc) is 2.27. The zero-order valence-corrected chi connectivity index (χ0v) is 10.4. The summed E-state index contributed by atoms with van der Waals surface area (Å²) >= 11 is 3.10. The summed E-state index contributed by atoms with van der Waals surface area (Å²) in [5.74, 6) is -2.99. The van der Waals surface area contributed by atoms with Crippen molar-refractivity contribution in [2.75, 3.05) is 6.61 Å². The number of ether oxygens (including phenoxy) is 1. The SMILES string of the molecule is N/C(=N/O)C(COc1cncc(Br)c1)C(F)(F)F. The van der Waals surface area contributed by atoms with Crippen LogP contribution in [0.15, 0.2) is 28.1 Å². The van der Waals surface area contributed by atoms with Crippen LogP contribution in [0.25, 0.3) is 0 Å². The van der Waals surface area contributed by atoms with Crippen LogP contribution < -0.4 is 10.5 Å². The summed E-state index contributed by atoms with van der Waals surface area (Å²) in [7, 11) is 0. The van der Waals surface area contributed by atoms with Gasteiger partial charge < -0.3 is 15.7 Å². The molecule has 0 saturated heterocycles. The van der Waals surface area contributed by atoms with Gasteiger partial charge in [0.25, 0.3) is 0 Å². The first-order valence-electron chi connectivity index (χ1n) is 4.62. The molecular weight excluding hydrogens is 319 g/mol. The topological polar surface area (TPSA) is 80.7 Å². The van der Waals surface area contributed by atoms with E-state index in [-0.39, 0.29) is 5.75 Å². The van der Waals surface area contributed by atoms with Gasteiger partial charge in [-0.05, 0) is 22.0 Å². The molecule has 0 aliphatic carbocycles. The highest BCUT2D eigenvalue weighted by molar-refractivity contribution is 9.10. The maximum atomic E-state index is 12.6. The van der Waals surface area contributed by atoms with Gasteiger partial charge in [-0.1, -0.05) is 5.16 Å². The van der Waals surface area contributed by atoms with Gasteiger partial charge in [0.15, 0.2) is 5.84 Å². The molecule has 1 unspecified atom stereocenters. The van der Waals surface area contributed by atoms with Gasteiger partial charge in [0.1, 0.15) is 18.3 Å². The van der Waals surface area contributed by atoms with Crippen molar-refractivity contribution >= 4 is 21.8 Å². The molecule has 1 aromatic heterocycles. The second kappa shape index (κ2) is 5.89. The van der Waals surface area contributed by atoms with Crippen LogP contribution in [0.1, 0.15) is 0 Å². The first kappa shape index (κ1) is 14.6. The standard InChI is InChI=1S/C9H9BrF3N3O2/c10-5-1-6(3-15-2-5)18-4-7(8(14)16-17)9(11,12)13/h1-3,7,17H,4H2,(H2,14,16). The molecule has 0 aliphatic rings. The van der Waals surface area contributed by atoms with E-state index in [2.05, 4.69) is 26.1 Å². The molecule has 0 radical (unpaired) electrons. The summed E-state index contributed by atoms with van der Waals surface area (Å²) in [6.45, 7) is -0.794. The molecule has 3 N–H and O–H groups in total. The normalized spacial score (nSPS) is 14.3. The Morgan fingerprint density at radius 1 is 1.56 bits per heavy atom. The lowest BCUT2D eigenvalue weighted by Gasteiger charge is -2.19. The fraction of sp³-hybridized carbons (Fsp3) is 0.333. The summed E-state index contributed by atoms with van der Waals surface area (Å²) in [6, 6.07) is 1.45. The van der Waals surface area contributed by atoms with Crippen molar-refractivity contribution in [3.05, 3.63) is 22.9 Å². The molecule has 5 nitrogen and oxygen atoms in total. The number of rotatable bonds is 4. The molecule has 0 spiro atoms. The highest BCUT2D eigenvalue weighted by atomic mass is 79.9. The van der Waals surface area contributed by atoms with Gasteiger partial charge >= 0.3 is 6.18 Å². The fourth-order valence-corrected chi connectivity index (χ4v) is 1.41. The van der Waals surface area contributed by atoms with Gasteiger partial charge in [0, 0.05) is 10.7 Å². The number of hydrogen-bond donors (Lipinski definition) is 2. The van der Waals surface area contributed by atoms with Crippen molar-refractivity contribution in [1.82, 2.24) is 4.98 Å². The third-order valence-electron chi connectivity index (χ3n) is 1.96. The van der Waals surface area contributed by atoms with E-state index in [4.69, 9.17) is 15.7 Å². The number of halogens is 4. The first-order valence-corrected chi connectivity index (χ1v) is 5.41. The van der Waals surface area contributed by atoms with Crippen LogP contribution in [-0.2, 0) is 0 Å². The van der Waals surface area contributed by atoms with Crippen LogP contribution in [0.3, 0.4) is 0 Å². The second-order valence-electron chi connectivity index (χ2n) is 3.27. The lowest BCUT2D eigenvalue weighted by molar-refractivity contribution is -0.162. The van der Waals surface area contributed by atoms with Gasteiger partial charge in [0.05, 0.1) is 6.20 Å². The van der Waals surface area contributed by atoms with Crippen LogP contribution in [-0.4, -0.2) is 28.8 Å². The van der Waals surface area contributed by atoms with Crippen LogP contribution in [0.2, 0.25) is 0 Å². The van der Waals surface area contributed by atoms with Crippen molar-refractivity contribution < 1.29 is 23.1 Å². The maximum absolute atomic E-state index is 12.6. The number of nitrogens with two attached hydrogens (primary N) is 1. The molecule has 0 bridgehead atoms. The number of hydrogen-bond acceptors (Lipinski definition) is 4. The quantitative estimate of drug-likeness (QED) is 0.384. The Balaban J connectivity index is 2.75. The van der Waals surface area contributed by atoms with Crippen molar-refractivity contribution in [2.24, 2.45) is 16.8 Å². The van der Waals surface area contributed by atoms with Crippen molar-refractivity contribution in [1.29, 1.82) is 0 Å². The fourth-order valence-electron chi connectivity index (χ4n) is 1.07. The van der Waals surface area contributed by atoms with Crippen molar-refractivity contribution in [3.8, 4) is 5.75 Å². The minimum Gasteiger partial charge on any atom is -0.491 e. The van der Waals surface area contributed by atoms with E-state index in [0.29, 0.717) is 4.47 Å². The highest BCUT2D eigenvalue weighted by Gasteiger charge is 2.43. The molecule has 0 fully saturated rings. The number of oxime groups is 1. The molecule has 18 heavy (non-hydrogen) atoms. The van der Waals surface area contributed by atoms with Crippen molar-refractivity contribution in [2.45, 2.75) is 6.18 Å². The molecule has 9 heteroatoms. The zero-order chi connectivity index (χ0) is 13.8.